The molecule has 29 heavy (non-hydrogen) atoms. The van der Waals surface area contributed by atoms with Gasteiger partial charge in [-0.2, -0.15) is 0 Å². The van der Waals surface area contributed by atoms with Crippen LogP contribution >= 0.6 is 0 Å². The summed E-state index contributed by atoms with van der Waals surface area (Å²) in [5, 5.41) is 4.55. The number of benzene rings is 1. The lowest BCUT2D eigenvalue weighted by Crippen LogP contribution is -2.36. The van der Waals surface area contributed by atoms with Crippen LogP contribution < -0.4 is 5.32 Å². The van der Waals surface area contributed by atoms with Crippen LogP contribution in [0.15, 0.2) is 30.3 Å². The number of likely N-dealkylation sites (tertiary alicyclic amines) is 1. The molecule has 4 heteroatoms. The molecule has 1 aliphatic carbocycles. The minimum atomic E-state index is 0.117. The van der Waals surface area contributed by atoms with Gasteiger partial charge >= 0.3 is 0 Å². The molecule has 0 atom stereocenters. The maximum Gasteiger partial charge on any atom is 0.268 e. The molecule has 4 nitrogen and oxygen atoms in total. The first-order valence-electron chi connectivity index (χ1n) is 11.9. The molecule has 0 spiro atoms. The van der Waals surface area contributed by atoms with Gasteiger partial charge in [-0.25, -0.2) is 0 Å². The van der Waals surface area contributed by atoms with Gasteiger partial charge in [0.25, 0.3) is 5.91 Å². The van der Waals surface area contributed by atoms with E-state index in [1.165, 1.54) is 81.9 Å². The third kappa shape index (κ3) is 5.42. The highest BCUT2D eigenvalue weighted by Gasteiger charge is 2.19. The van der Waals surface area contributed by atoms with E-state index in [2.05, 4.69) is 45.1 Å². The van der Waals surface area contributed by atoms with Crippen LogP contribution in [0, 0.1) is 0 Å². The summed E-state index contributed by atoms with van der Waals surface area (Å²) in [6.07, 6.45) is 13.7. The molecule has 2 heterocycles. The average molecular weight is 396 g/mol. The summed E-state index contributed by atoms with van der Waals surface area (Å²) >= 11 is 0. The first kappa shape index (κ1) is 20.5. The molecule has 1 N–H and O–H groups in total. The Bertz CT molecular complexity index is 782. The third-order valence-corrected chi connectivity index (χ3v) is 6.79. The Kier molecular flexibility index (Phi) is 7.26. The van der Waals surface area contributed by atoms with Crippen molar-refractivity contribution in [1.82, 2.24) is 14.8 Å². The van der Waals surface area contributed by atoms with Gasteiger partial charge in [-0.3, -0.25) is 4.79 Å². The lowest BCUT2D eigenvalue weighted by Gasteiger charge is -2.21. The number of hydrogen-bond donors (Lipinski definition) is 1. The van der Waals surface area contributed by atoms with Crippen molar-refractivity contribution >= 4 is 16.8 Å². The molecule has 0 bridgehead atoms. The Hall–Kier alpha value is -1.81. The fourth-order valence-corrected chi connectivity index (χ4v) is 5.11. The van der Waals surface area contributed by atoms with E-state index >= 15 is 0 Å². The fraction of sp³-hybridized carbons (Fsp3) is 0.640. The molecule has 1 amide bonds. The van der Waals surface area contributed by atoms with Gasteiger partial charge in [-0.15, -0.1) is 0 Å². The van der Waals surface area contributed by atoms with Crippen LogP contribution in [-0.4, -0.2) is 41.1 Å². The van der Waals surface area contributed by atoms with E-state index in [1.54, 1.807) is 0 Å². The fourth-order valence-electron chi connectivity index (χ4n) is 5.11. The van der Waals surface area contributed by atoms with Crippen molar-refractivity contribution in [1.29, 1.82) is 0 Å². The van der Waals surface area contributed by atoms with E-state index < -0.39 is 0 Å². The number of carbonyl (C=O) groups is 1. The van der Waals surface area contributed by atoms with Crippen LogP contribution in [0.5, 0.6) is 0 Å². The summed E-state index contributed by atoms with van der Waals surface area (Å²) in [5.41, 5.74) is 2.03. The minimum absolute atomic E-state index is 0.117. The van der Waals surface area contributed by atoms with Gasteiger partial charge < -0.3 is 14.8 Å². The van der Waals surface area contributed by atoms with Crippen molar-refractivity contribution in [3.8, 4) is 0 Å². The minimum Gasteiger partial charge on any atom is -0.348 e. The normalized spacial score (nSPS) is 19.3. The smallest absolute Gasteiger partial charge is 0.268 e. The van der Waals surface area contributed by atoms with Gasteiger partial charge in [0.2, 0.25) is 0 Å². The third-order valence-electron chi connectivity index (χ3n) is 6.79. The topological polar surface area (TPSA) is 37.3 Å². The molecule has 2 aliphatic rings. The van der Waals surface area contributed by atoms with Crippen molar-refractivity contribution in [2.75, 3.05) is 19.6 Å². The SMILES string of the molecule is O=C(NC1CCCCCCC1)c1cc2ccccc2n1CCCCN1CCCC1. The highest BCUT2D eigenvalue weighted by Crippen LogP contribution is 2.22. The number of carbonyl (C=O) groups excluding carboxylic acids is 1. The van der Waals surface area contributed by atoms with E-state index in [-0.39, 0.29) is 5.91 Å². The molecule has 2 aromatic rings. The number of aryl methyl sites for hydroxylation is 1. The highest BCUT2D eigenvalue weighted by atomic mass is 16.2. The number of rotatable bonds is 7. The predicted molar refractivity (Wildman–Crippen MR) is 120 cm³/mol. The second kappa shape index (κ2) is 10.3. The summed E-state index contributed by atoms with van der Waals surface area (Å²) in [5.74, 6) is 0.117. The number of amides is 1. The number of fused-ring (bicyclic) bond motifs is 1. The Morgan fingerprint density at radius 3 is 2.38 bits per heavy atom. The zero-order valence-corrected chi connectivity index (χ0v) is 17.9. The van der Waals surface area contributed by atoms with Gasteiger partial charge in [0.1, 0.15) is 5.69 Å². The van der Waals surface area contributed by atoms with E-state index in [1.807, 2.05) is 0 Å². The van der Waals surface area contributed by atoms with Crippen LogP contribution in [0.1, 0.15) is 81.1 Å². The van der Waals surface area contributed by atoms with Crippen LogP contribution in [0.3, 0.4) is 0 Å². The van der Waals surface area contributed by atoms with E-state index in [0.717, 1.165) is 31.5 Å². The summed E-state index contributed by atoms with van der Waals surface area (Å²) < 4.78 is 2.26. The van der Waals surface area contributed by atoms with Crippen molar-refractivity contribution in [3.63, 3.8) is 0 Å². The zero-order chi connectivity index (χ0) is 19.9. The van der Waals surface area contributed by atoms with Gasteiger partial charge in [-0.1, -0.05) is 50.3 Å². The van der Waals surface area contributed by atoms with Crippen LogP contribution in [0.2, 0.25) is 0 Å². The van der Waals surface area contributed by atoms with Crippen LogP contribution in [-0.2, 0) is 6.54 Å². The van der Waals surface area contributed by atoms with E-state index in [4.69, 9.17) is 0 Å². The molecule has 1 aliphatic heterocycles. The molecule has 0 unspecified atom stereocenters. The molecule has 1 aromatic heterocycles. The molecule has 1 saturated carbocycles. The first-order chi connectivity index (χ1) is 14.3. The first-order valence-corrected chi connectivity index (χ1v) is 11.9. The van der Waals surface area contributed by atoms with Gasteiger partial charge in [0.15, 0.2) is 0 Å². The maximum atomic E-state index is 13.2. The quantitative estimate of drug-likeness (QED) is 0.641. The standard InChI is InChI=1S/C25H37N3O/c29-25(26-22-13-4-2-1-3-5-14-22)24-20-21-12-6-7-15-23(21)28(24)19-11-10-18-27-16-8-9-17-27/h6-7,12,15,20,22H,1-5,8-11,13-14,16-19H2,(H,26,29). The molecule has 158 valence electrons. The number of unbranched alkanes of at least 4 members (excludes halogenated alkanes) is 1. The molecular formula is C25H37N3O. The predicted octanol–water partition coefficient (Wildman–Crippen LogP) is 5.36. The Balaban J connectivity index is 1.42. The highest BCUT2D eigenvalue weighted by molar-refractivity contribution is 5.98. The summed E-state index contributed by atoms with van der Waals surface area (Å²) in [6.45, 7) is 4.65. The van der Waals surface area contributed by atoms with Crippen LogP contribution in [0.25, 0.3) is 10.9 Å². The lowest BCUT2D eigenvalue weighted by molar-refractivity contribution is 0.0921. The van der Waals surface area contributed by atoms with Crippen LogP contribution in [0.4, 0.5) is 0 Å². The lowest BCUT2D eigenvalue weighted by atomic mass is 9.96. The number of para-hydroxylation sites is 1. The molecule has 2 fully saturated rings. The van der Waals surface area contributed by atoms with Gasteiger partial charge in [-0.05, 0) is 70.3 Å². The van der Waals surface area contributed by atoms with E-state index in [9.17, 15) is 4.79 Å². The monoisotopic (exact) mass is 395 g/mol. The second-order valence-electron chi connectivity index (χ2n) is 9.01. The number of nitrogens with one attached hydrogen (secondary N) is 1. The van der Waals surface area contributed by atoms with Gasteiger partial charge in [0, 0.05) is 23.5 Å². The van der Waals surface area contributed by atoms with Crippen molar-refractivity contribution in [3.05, 3.63) is 36.0 Å². The second-order valence-corrected chi connectivity index (χ2v) is 9.01. The number of nitrogens with zero attached hydrogens (tertiary/aromatic N) is 2. The summed E-state index contributed by atoms with van der Waals surface area (Å²) in [6, 6.07) is 10.9. The van der Waals surface area contributed by atoms with Crippen molar-refractivity contribution in [2.45, 2.75) is 83.2 Å². The largest absolute Gasteiger partial charge is 0.348 e. The summed E-state index contributed by atoms with van der Waals surface area (Å²) in [4.78, 5) is 15.8. The molecular weight excluding hydrogens is 358 g/mol. The number of hydrogen-bond acceptors (Lipinski definition) is 2. The molecule has 1 saturated heterocycles. The number of aromatic nitrogens is 1. The average Bonchev–Trinajstić information content (AvgIpc) is 3.35. The van der Waals surface area contributed by atoms with Crippen molar-refractivity contribution in [2.24, 2.45) is 0 Å². The van der Waals surface area contributed by atoms with Crippen molar-refractivity contribution < 1.29 is 4.79 Å². The molecule has 1 aromatic carbocycles. The Labute approximate surface area is 175 Å². The Morgan fingerprint density at radius 1 is 0.897 bits per heavy atom. The molecule has 0 radical (unpaired) electrons. The van der Waals surface area contributed by atoms with E-state index in [0.29, 0.717) is 6.04 Å². The van der Waals surface area contributed by atoms with Gasteiger partial charge in [0.05, 0.1) is 0 Å². The zero-order valence-electron chi connectivity index (χ0n) is 17.9. The maximum absolute atomic E-state index is 13.2. The summed E-state index contributed by atoms with van der Waals surface area (Å²) in [7, 11) is 0. The Morgan fingerprint density at radius 2 is 1.59 bits per heavy atom. The molecule has 4 rings (SSSR count).